The van der Waals surface area contributed by atoms with E-state index in [1.54, 1.807) is 31.4 Å². The predicted octanol–water partition coefficient (Wildman–Crippen LogP) is 1.78. The third kappa shape index (κ3) is 3.18. The molecule has 0 atom stereocenters. The van der Waals surface area contributed by atoms with E-state index >= 15 is 0 Å². The van der Waals surface area contributed by atoms with E-state index in [1.165, 1.54) is 7.11 Å². The largest absolute Gasteiger partial charge is 0.497 e. The second kappa shape index (κ2) is 5.62. The summed E-state index contributed by atoms with van der Waals surface area (Å²) in [4.78, 5) is 11.0. The first kappa shape index (κ1) is 11.9. The van der Waals surface area contributed by atoms with Gasteiger partial charge in [-0.25, -0.2) is 4.79 Å². The Morgan fingerprint density at radius 1 is 1.25 bits per heavy atom. The molecule has 0 aromatic heterocycles. The molecule has 82 valence electrons. The van der Waals surface area contributed by atoms with Crippen molar-refractivity contribution >= 4 is 5.97 Å². The molecule has 0 aliphatic carbocycles. The van der Waals surface area contributed by atoms with Crippen molar-refractivity contribution in [3.63, 3.8) is 0 Å². The van der Waals surface area contributed by atoms with Crippen LogP contribution in [0.25, 0.3) is 0 Å². The molecule has 0 aliphatic heterocycles. The highest BCUT2D eigenvalue weighted by Gasteiger charge is 2.01. The highest BCUT2D eigenvalue weighted by atomic mass is 16.5. The normalized spacial score (nSPS) is 8.62. The molecule has 1 rings (SSSR count). The molecule has 16 heavy (non-hydrogen) atoms. The van der Waals surface area contributed by atoms with Gasteiger partial charge in [-0.3, -0.25) is 0 Å². The van der Waals surface area contributed by atoms with Gasteiger partial charge in [0, 0.05) is 5.56 Å². The van der Waals surface area contributed by atoms with Crippen molar-refractivity contribution in [1.29, 1.82) is 0 Å². The van der Waals surface area contributed by atoms with Gasteiger partial charge in [-0.2, -0.15) is 0 Å². The zero-order valence-electron chi connectivity index (χ0n) is 9.24. The summed E-state index contributed by atoms with van der Waals surface area (Å²) < 4.78 is 9.49. The lowest BCUT2D eigenvalue weighted by Gasteiger charge is -1.97. The molecule has 0 heterocycles. The summed E-state index contributed by atoms with van der Waals surface area (Å²) in [7, 11) is 2.89. The molecule has 1 aromatic rings. The number of rotatable bonds is 2. The summed E-state index contributed by atoms with van der Waals surface area (Å²) in [5, 5.41) is 0. The Morgan fingerprint density at radius 3 is 2.38 bits per heavy atom. The lowest BCUT2D eigenvalue weighted by Crippen LogP contribution is -2.01. The minimum absolute atomic E-state index is 0.137. The first-order chi connectivity index (χ1) is 7.67. The molecule has 3 nitrogen and oxygen atoms in total. The van der Waals surface area contributed by atoms with Gasteiger partial charge in [-0.05, 0) is 24.3 Å². The minimum atomic E-state index is -0.513. The van der Waals surface area contributed by atoms with Crippen LogP contribution in [-0.4, -0.2) is 20.2 Å². The van der Waals surface area contributed by atoms with E-state index in [2.05, 4.69) is 23.2 Å². The van der Waals surface area contributed by atoms with Crippen LogP contribution in [0.3, 0.4) is 0 Å². The molecule has 0 amide bonds. The SMILES string of the molecule is C=C(C#Cc1ccc(OC)cc1)C(=O)OC. The molecule has 0 radical (unpaired) electrons. The Morgan fingerprint density at radius 2 is 1.88 bits per heavy atom. The second-order valence-electron chi connectivity index (χ2n) is 2.95. The molecule has 3 heteroatoms. The molecular weight excluding hydrogens is 204 g/mol. The molecule has 0 N–H and O–H groups in total. The summed E-state index contributed by atoms with van der Waals surface area (Å²) in [5.74, 6) is 5.68. The van der Waals surface area contributed by atoms with Crippen molar-refractivity contribution in [3.05, 3.63) is 42.0 Å². The predicted molar refractivity (Wildman–Crippen MR) is 61.0 cm³/mol. The smallest absolute Gasteiger partial charge is 0.345 e. The molecule has 1 aromatic carbocycles. The maximum absolute atomic E-state index is 11.0. The fourth-order valence-electron chi connectivity index (χ4n) is 0.996. The Bertz CT molecular complexity index is 446. The van der Waals surface area contributed by atoms with Crippen LogP contribution in [0.2, 0.25) is 0 Å². The minimum Gasteiger partial charge on any atom is -0.497 e. The van der Waals surface area contributed by atoms with E-state index in [9.17, 15) is 4.79 Å². The highest BCUT2D eigenvalue weighted by molar-refractivity contribution is 5.92. The van der Waals surface area contributed by atoms with E-state index in [-0.39, 0.29) is 5.57 Å². The molecule has 0 unspecified atom stereocenters. The third-order valence-electron chi connectivity index (χ3n) is 1.88. The highest BCUT2D eigenvalue weighted by Crippen LogP contribution is 2.10. The number of ether oxygens (including phenoxy) is 2. The van der Waals surface area contributed by atoms with Crippen LogP contribution in [0.4, 0.5) is 0 Å². The van der Waals surface area contributed by atoms with Crippen molar-refractivity contribution in [3.8, 4) is 17.6 Å². The lowest BCUT2D eigenvalue weighted by molar-refractivity contribution is -0.135. The molecule has 0 saturated heterocycles. The molecule has 0 fully saturated rings. The van der Waals surface area contributed by atoms with E-state index in [1.807, 2.05) is 0 Å². The first-order valence-corrected chi connectivity index (χ1v) is 4.60. The fraction of sp³-hybridized carbons (Fsp3) is 0.154. The average Bonchev–Trinajstić information content (AvgIpc) is 2.35. The van der Waals surface area contributed by atoms with Gasteiger partial charge < -0.3 is 9.47 Å². The quantitative estimate of drug-likeness (QED) is 0.429. The molecular formula is C13H12O3. The van der Waals surface area contributed by atoms with Gasteiger partial charge in [-0.15, -0.1) is 0 Å². The average molecular weight is 216 g/mol. The summed E-state index contributed by atoms with van der Waals surface area (Å²) in [6, 6.07) is 7.20. The zero-order chi connectivity index (χ0) is 12.0. The van der Waals surface area contributed by atoms with E-state index in [0.717, 1.165) is 11.3 Å². The number of carbonyl (C=O) groups is 1. The summed E-state index contributed by atoms with van der Waals surface area (Å²) in [6.07, 6.45) is 0. The maximum Gasteiger partial charge on any atom is 0.345 e. The number of methoxy groups -OCH3 is 2. The Hall–Kier alpha value is -2.21. The monoisotopic (exact) mass is 216 g/mol. The van der Waals surface area contributed by atoms with Crippen molar-refractivity contribution in [2.45, 2.75) is 0 Å². The van der Waals surface area contributed by atoms with Crippen molar-refractivity contribution < 1.29 is 14.3 Å². The van der Waals surface area contributed by atoms with Gasteiger partial charge in [0.15, 0.2) is 0 Å². The van der Waals surface area contributed by atoms with Gasteiger partial charge in [0.05, 0.1) is 14.2 Å². The number of hydrogen-bond acceptors (Lipinski definition) is 3. The van der Waals surface area contributed by atoms with E-state index in [4.69, 9.17) is 4.74 Å². The summed E-state index contributed by atoms with van der Waals surface area (Å²) >= 11 is 0. The van der Waals surface area contributed by atoms with E-state index in [0.29, 0.717) is 0 Å². The Balaban J connectivity index is 2.77. The topological polar surface area (TPSA) is 35.5 Å². The lowest BCUT2D eigenvalue weighted by atomic mass is 10.2. The zero-order valence-corrected chi connectivity index (χ0v) is 9.24. The number of benzene rings is 1. The van der Waals surface area contributed by atoms with Crippen molar-refractivity contribution in [2.75, 3.05) is 14.2 Å². The standard InChI is InChI=1S/C13H12O3/c1-10(13(14)16-3)4-5-11-6-8-12(15-2)9-7-11/h6-9H,1H2,2-3H3. The molecule has 0 aliphatic rings. The van der Waals surface area contributed by atoms with Gasteiger partial charge in [-0.1, -0.05) is 18.4 Å². The van der Waals surface area contributed by atoms with Gasteiger partial charge in [0.25, 0.3) is 0 Å². The Kier molecular flexibility index (Phi) is 4.16. The molecule has 0 bridgehead atoms. The van der Waals surface area contributed by atoms with Crippen LogP contribution >= 0.6 is 0 Å². The number of esters is 1. The van der Waals surface area contributed by atoms with Crippen molar-refractivity contribution in [2.24, 2.45) is 0 Å². The fourth-order valence-corrected chi connectivity index (χ4v) is 0.996. The van der Waals surface area contributed by atoms with Gasteiger partial charge in [0.1, 0.15) is 11.3 Å². The van der Waals surface area contributed by atoms with Crippen LogP contribution in [-0.2, 0) is 9.53 Å². The van der Waals surface area contributed by atoms with Gasteiger partial charge in [0.2, 0.25) is 0 Å². The second-order valence-corrected chi connectivity index (χ2v) is 2.95. The molecule has 0 spiro atoms. The number of hydrogen-bond donors (Lipinski definition) is 0. The van der Waals surface area contributed by atoms with Crippen LogP contribution in [0, 0.1) is 11.8 Å². The summed E-state index contributed by atoms with van der Waals surface area (Å²) in [6.45, 7) is 3.50. The van der Waals surface area contributed by atoms with Crippen LogP contribution in [0.1, 0.15) is 5.56 Å². The first-order valence-electron chi connectivity index (χ1n) is 4.60. The Labute approximate surface area is 94.7 Å². The maximum atomic E-state index is 11.0. The van der Waals surface area contributed by atoms with Crippen LogP contribution in [0.15, 0.2) is 36.4 Å². The van der Waals surface area contributed by atoms with E-state index < -0.39 is 5.97 Å². The number of carbonyl (C=O) groups excluding carboxylic acids is 1. The van der Waals surface area contributed by atoms with Gasteiger partial charge >= 0.3 is 5.97 Å². The van der Waals surface area contributed by atoms with Crippen LogP contribution in [0.5, 0.6) is 5.75 Å². The third-order valence-corrected chi connectivity index (χ3v) is 1.88. The van der Waals surface area contributed by atoms with Crippen LogP contribution < -0.4 is 4.74 Å². The summed E-state index contributed by atoms with van der Waals surface area (Å²) in [5.41, 5.74) is 0.921. The van der Waals surface area contributed by atoms with Crippen molar-refractivity contribution in [1.82, 2.24) is 0 Å². The molecule has 0 saturated carbocycles.